The Labute approximate surface area is 293 Å². The number of ether oxygens (including phenoxy) is 3. The number of aryl methyl sites for hydroxylation is 1. The van der Waals surface area contributed by atoms with Crippen LogP contribution in [0.2, 0.25) is 0 Å². The van der Waals surface area contributed by atoms with Gasteiger partial charge in [-0.25, -0.2) is 0 Å². The zero-order valence-electron chi connectivity index (χ0n) is 28.0. The Balaban J connectivity index is 1.12. The van der Waals surface area contributed by atoms with Crippen LogP contribution >= 0.6 is 0 Å². The van der Waals surface area contributed by atoms with Gasteiger partial charge in [0.05, 0.1) is 36.2 Å². The number of aliphatic hydroxyl groups excluding tert-OH is 4. The number of carbonyl (C=O) groups excluding carboxylic acids is 3. The molecular formula is C35H42N6O10. The van der Waals surface area contributed by atoms with E-state index in [2.05, 4.69) is 15.6 Å². The summed E-state index contributed by atoms with van der Waals surface area (Å²) in [5, 5.41) is 46.4. The summed E-state index contributed by atoms with van der Waals surface area (Å²) in [6.45, 7) is -0.0436. The molecular weight excluding hydrogens is 664 g/mol. The zero-order valence-corrected chi connectivity index (χ0v) is 28.0. The van der Waals surface area contributed by atoms with E-state index in [1.807, 2.05) is 0 Å². The molecule has 3 aliphatic heterocycles. The van der Waals surface area contributed by atoms with Gasteiger partial charge in [-0.05, 0) is 62.1 Å². The van der Waals surface area contributed by atoms with Crippen LogP contribution < -0.4 is 25.8 Å². The van der Waals surface area contributed by atoms with E-state index < -0.39 is 37.3 Å². The summed E-state index contributed by atoms with van der Waals surface area (Å²) in [5.74, 6) is -0.797. The molecule has 0 spiro atoms. The van der Waals surface area contributed by atoms with Gasteiger partial charge in [-0.15, -0.1) is 0 Å². The molecule has 16 heteroatoms. The molecule has 0 aliphatic carbocycles. The molecule has 8 N–H and O–H groups in total. The van der Waals surface area contributed by atoms with Gasteiger partial charge >= 0.3 is 0 Å². The number of rotatable bonds is 11. The highest BCUT2D eigenvalue weighted by atomic mass is 16.7. The number of aromatic nitrogens is 1. The predicted molar refractivity (Wildman–Crippen MR) is 185 cm³/mol. The Morgan fingerprint density at radius 3 is 2.57 bits per heavy atom. The molecule has 51 heavy (non-hydrogen) atoms. The lowest BCUT2D eigenvalue weighted by molar-refractivity contribution is -0.277. The number of benzene rings is 2. The maximum atomic E-state index is 13.6. The molecule has 0 bridgehead atoms. The third-order valence-corrected chi connectivity index (χ3v) is 9.08. The first-order valence-corrected chi connectivity index (χ1v) is 16.8. The van der Waals surface area contributed by atoms with E-state index in [9.17, 15) is 34.8 Å². The standard InChI is InChI=1S/C35H42N6O10/c1-40-17-21(13-25(40)33(47)39-20-9-7-19(36)8-10-20)38-29(43)6-4-12-49-26-15-24-23(34(48)41-11-3-2-5-22(41)16-37-24)14-27(26)50-35-32(46)31(45)30(44)28(18-42)51-35/h7-10,13-17,22,28,30-32,35,42,44-46H,2-6,11-12,18,36H2,1H3,(H,38,43)(H,39,47)/t22-,28+,30-,31-,32+,35+/m0/s1. The maximum Gasteiger partial charge on any atom is 0.272 e. The number of hydrogen-bond donors (Lipinski definition) is 7. The smallest absolute Gasteiger partial charge is 0.272 e. The van der Waals surface area contributed by atoms with Crippen LogP contribution in [-0.2, 0) is 16.6 Å². The van der Waals surface area contributed by atoms with Gasteiger partial charge in [0.25, 0.3) is 11.8 Å². The van der Waals surface area contributed by atoms with E-state index in [1.165, 1.54) is 12.1 Å². The van der Waals surface area contributed by atoms with Crippen molar-refractivity contribution < 1.29 is 49.0 Å². The Bertz CT molecular complexity index is 1780. The van der Waals surface area contributed by atoms with Crippen LogP contribution in [0.4, 0.5) is 22.7 Å². The highest BCUT2D eigenvalue weighted by molar-refractivity contribution is 6.05. The average Bonchev–Trinajstić information content (AvgIpc) is 3.43. The third-order valence-electron chi connectivity index (χ3n) is 9.08. The van der Waals surface area contributed by atoms with Crippen molar-refractivity contribution in [3.05, 3.63) is 59.9 Å². The van der Waals surface area contributed by atoms with E-state index in [0.29, 0.717) is 35.0 Å². The van der Waals surface area contributed by atoms with E-state index in [-0.39, 0.29) is 60.3 Å². The van der Waals surface area contributed by atoms with E-state index in [1.54, 1.807) is 59.3 Å². The molecule has 2 saturated heterocycles. The summed E-state index contributed by atoms with van der Waals surface area (Å²) in [5.41, 5.74) is 8.22. The molecule has 272 valence electrons. The number of nitrogens with zero attached hydrogens (tertiary/aromatic N) is 3. The Morgan fingerprint density at radius 1 is 1.02 bits per heavy atom. The number of hydrogen-bond acceptors (Lipinski definition) is 12. The van der Waals surface area contributed by atoms with Crippen molar-refractivity contribution >= 4 is 46.7 Å². The Morgan fingerprint density at radius 2 is 1.80 bits per heavy atom. The molecule has 6 rings (SSSR count). The van der Waals surface area contributed by atoms with Crippen LogP contribution in [0.3, 0.4) is 0 Å². The van der Waals surface area contributed by atoms with Gasteiger partial charge in [0.1, 0.15) is 30.1 Å². The van der Waals surface area contributed by atoms with Crippen molar-refractivity contribution in [3.8, 4) is 11.5 Å². The number of nitrogens with one attached hydrogen (secondary N) is 2. The lowest BCUT2D eigenvalue weighted by Crippen LogP contribution is -2.60. The number of carbonyl (C=O) groups is 3. The summed E-state index contributed by atoms with van der Waals surface area (Å²) in [6.07, 6.45) is -1.39. The minimum absolute atomic E-state index is 0.00407. The zero-order chi connectivity index (χ0) is 36.2. The van der Waals surface area contributed by atoms with Crippen LogP contribution in [0, 0.1) is 0 Å². The second-order valence-electron chi connectivity index (χ2n) is 12.8. The average molecular weight is 707 g/mol. The monoisotopic (exact) mass is 706 g/mol. The van der Waals surface area contributed by atoms with Crippen molar-refractivity contribution in [2.75, 3.05) is 36.1 Å². The molecule has 2 fully saturated rings. The molecule has 4 heterocycles. The molecule has 3 aromatic rings. The fraction of sp³-hybridized carbons (Fsp3) is 0.429. The van der Waals surface area contributed by atoms with Gasteiger partial charge < -0.3 is 60.5 Å². The second kappa shape index (κ2) is 15.5. The lowest BCUT2D eigenvalue weighted by atomic mass is 9.99. The molecule has 1 aromatic heterocycles. The molecule has 16 nitrogen and oxygen atoms in total. The number of amides is 3. The molecule has 0 saturated carbocycles. The first-order chi connectivity index (χ1) is 24.5. The van der Waals surface area contributed by atoms with Crippen molar-refractivity contribution in [3.63, 3.8) is 0 Å². The maximum absolute atomic E-state index is 13.6. The van der Waals surface area contributed by atoms with E-state index >= 15 is 0 Å². The normalized spacial score (nSPS) is 24.3. The molecule has 0 radical (unpaired) electrons. The van der Waals surface area contributed by atoms with Crippen LogP contribution in [0.15, 0.2) is 53.7 Å². The summed E-state index contributed by atoms with van der Waals surface area (Å²) in [4.78, 5) is 45.6. The highest BCUT2D eigenvalue weighted by Crippen LogP contribution is 2.39. The quantitative estimate of drug-likeness (QED) is 0.112. The van der Waals surface area contributed by atoms with Crippen LogP contribution in [0.5, 0.6) is 11.5 Å². The van der Waals surface area contributed by atoms with Gasteiger partial charge in [-0.1, -0.05) is 0 Å². The number of aliphatic hydroxyl groups is 4. The van der Waals surface area contributed by atoms with Gasteiger partial charge in [0.2, 0.25) is 12.2 Å². The summed E-state index contributed by atoms with van der Waals surface area (Å²) < 4.78 is 19.1. The first-order valence-electron chi connectivity index (χ1n) is 16.8. The number of aliphatic imine (C=N–C) groups is 1. The van der Waals surface area contributed by atoms with Gasteiger partial charge in [-0.3, -0.25) is 19.4 Å². The SMILES string of the molecule is Cn1cc(NC(=O)CCCOc2cc3c(cc2O[C@@H]2O[C@H](CO)[C@H](O)[C@H](O)[C@H]2O)C(=O)N2CCCC[C@H]2C=N3)cc1C(=O)Nc1ccc(N)cc1. The second-order valence-corrected chi connectivity index (χ2v) is 12.8. The van der Waals surface area contributed by atoms with Crippen molar-refractivity contribution in [1.29, 1.82) is 0 Å². The summed E-state index contributed by atoms with van der Waals surface area (Å²) in [7, 11) is 1.69. The summed E-state index contributed by atoms with van der Waals surface area (Å²) >= 11 is 0. The van der Waals surface area contributed by atoms with Gasteiger partial charge in [0, 0.05) is 49.9 Å². The highest BCUT2D eigenvalue weighted by Gasteiger charge is 2.45. The first kappa shape index (κ1) is 35.8. The van der Waals surface area contributed by atoms with Crippen molar-refractivity contribution in [1.82, 2.24) is 9.47 Å². The largest absolute Gasteiger partial charge is 0.490 e. The molecule has 6 atom stereocenters. The Hall–Kier alpha value is -5.00. The lowest BCUT2D eigenvalue weighted by Gasteiger charge is -2.39. The van der Waals surface area contributed by atoms with Crippen LogP contribution in [-0.4, -0.2) is 110 Å². The molecule has 3 aliphatic rings. The van der Waals surface area contributed by atoms with E-state index in [0.717, 1.165) is 19.3 Å². The number of nitrogen functional groups attached to an aromatic ring is 1. The topological polar surface area (TPSA) is 230 Å². The fourth-order valence-electron chi connectivity index (χ4n) is 6.27. The molecule has 0 unspecified atom stereocenters. The predicted octanol–water partition coefficient (Wildman–Crippen LogP) is 1.55. The van der Waals surface area contributed by atoms with Gasteiger partial charge in [0.15, 0.2) is 11.5 Å². The molecule has 3 amide bonds. The minimum Gasteiger partial charge on any atom is -0.490 e. The summed E-state index contributed by atoms with van der Waals surface area (Å²) in [6, 6.07) is 11.1. The van der Waals surface area contributed by atoms with Crippen molar-refractivity contribution in [2.24, 2.45) is 12.0 Å². The van der Waals surface area contributed by atoms with Crippen LogP contribution in [0.1, 0.15) is 53.0 Å². The minimum atomic E-state index is -1.69. The van der Waals surface area contributed by atoms with Gasteiger partial charge in [-0.2, -0.15) is 0 Å². The molecule has 2 aromatic carbocycles. The van der Waals surface area contributed by atoms with Crippen LogP contribution in [0.25, 0.3) is 0 Å². The number of fused-ring (bicyclic) bond motifs is 2. The van der Waals surface area contributed by atoms with E-state index in [4.69, 9.17) is 19.9 Å². The number of nitrogens with two attached hydrogens (primary N) is 1. The number of anilines is 3. The fourth-order valence-corrected chi connectivity index (χ4v) is 6.27. The van der Waals surface area contributed by atoms with Crippen molar-refractivity contribution in [2.45, 2.75) is 68.9 Å². The number of piperidine rings is 1. The Kier molecular flexibility index (Phi) is 10.9. The third kappa shape index (κ3) is 8.00.